The van der Waals surface area contributed by atoms with Gasteiger partial charge in [0.25, 0.3) is 0 Å². The van der Waals surface area contributed by atoms with Crippen molar-refractivity contribution in [1.29, 1.82) is 0 Å². The summed E-state index contributed by atoms with van der Waals surface area (Å²) in [6.07, 6.45) is 0.907. The number of aliphatic imine (C=N–C) groups is 1. The summed E-state index contributed by atoms with van der Waals surface area (Å²) >= 11 is 0. The second-order valence-corrected chi connectivity index (χ2v) is 5.79. The summed E-state index contributed by atoms with van der Waals surface area (Å²) < 4.78 is 7.68. The highest BCUT2D eigenvalue weighted by atomic mass is 127. The molecule has 2 N–H and O–H groups in total. The van der Waals surface area contributed by atoms with Crippen molar-refractivity contribution in [2.24, 2.45) is 12.0 Å². The minimum atomic E-state index is 0. The van der Waals surface area contributed by atoms with E-state index < -0.39 is 0 Å². The molecule has 0 spiro atoms. The number of aryl methyl sites for hydroxylation is 1. The number of halogens is 1. The van der Waals surface area contributed by atoms with Gasteiger partial charge < -0.3 is 19.9 Å². The maximum atomic E-state index is 5.72. The largest absolute Gasteiger partial charge is 0.493 e. The fraction of sp³-hybridized carbons (Fsp3) is 0.471. The monoisotopic (exact) mass is 456 g/mol. The van der Waals surface area contributed by atoms with Gasteiger partial charge in [0, 0.05) is 25.6 Å². The predicted octanol–water partition coefficient (Wildman–Crippen LogP) is 2.32. The number of para-hydroxylation sites is 1. The lowest BCUT2D eigenvalue weighted by Gasteiger charge is -2.28. The zero-order valence-corrected chi connectivity index (χ0v) is 17.2. The Hall–Kier alpha value is -1.84. The van der Waals surface area contributed by atoms with Crippen LogP contribution in [0, 0.1) is 6.92 Å². The molecule has 1 aromatic heterocycles. The van der Waals surface area contributed by atoms with Crippen LogP contribution in [0.15, 0.2) is 29.3 Å². The molecule has 0 amide bonds. The first-order chi connectivity index (χ1) is 11.7. The Labute approximate surface area is 165 Å². The fourth-order valence-corrected chi connectivity index (χ4v) is 2.72. The number of ether oxygens (including phenoxy) is 1. The van der Waals surface area contributed by atoms with Crippen LogP contribution in [0.4, 0.5) is 0 Å². The predicted molar refractivity (Wildman–Crippen MR) is 108 cm³/mol. The smallest absolute Gasteiger partial charge is 0.192 e. The highest BCUT2D eigenvalue weighted by Gasteiger charge is 2.21. The lowest BCUT2D eigenvalue weighted by atomic mass is 10.0. The molecular weight excluding hydrogens is 431 g/mol. The maximum absolute atomic E-state index is 5.72. The lowest BCUT2D eigenvalue weighted by Crippen LogP contribution is -2.41. The van der Waals surface area contributed by atoms with Gasteiger partial charge in [-0.1, -0.05) is 18.2 Å². The molecule has 0 bridgehead atoms. The number of nitrogens with one attached hydrogen (secondary N) is 2. The van der Waals surface area contributed by atoms with Crippen molar-refractivity contribution in [2.75, 3.05) is 13.2 Å². The first-order valence-corrected chi connectivity index (χ1v) is 8.30. The van der Waals surface area contributed by atoms with Crippen LogP contribution in [-0.4, -0.2) is 33.9 Å². The van der Waals surface area contributed by atoms with Crippen molar-refractivity contribution >= 4 is 29.9 Å². The van der Waals surface area contributed by atoms with Crippen LogP contribution < -0.4 is 15.4 Å². The highest BCUT2D eigenvalue weighted by Crippen LogP contribution is 2.31. The van der Waals surface area contributed by atoms with Crippen LogP contribution in [0.2, 0.25) is 0 Å². The van der Waals surface area contributed by atoms with E-state index in [-0.39, 0.29) is 30.0 Å². The van der Waals surface area contributed by atoms with Gasteiger partial charge in [0.05, 0.1) is 12.6 Å². The average molecular weight is 456 g/mol. The van der Waals surface area contributed by atoms with E-state index in [2.05, 4.69) is 38.8 Å². The fourth-order valence-electron chi connectivity index (χ4n) is 2.72. The maximum Gasteiger partial charge on any atom is 0.192 e. The molecule has 1 aliphatic rings. The minimum absolute atomic E-state index is 0. The number of nitrogens with zero attached hydrogens (tertiary/aromatic N) is 4. The van der Waals surface area contributed by atoms with Crippen LogP contribution in [0.25, 0.3) is 0 Å². The molecule has 2 aromatic rings. The van der Waals surface area contributed by atoms with E-state index in [1.807, 2.05) is 36.7 Å². The number of rotatable bonds is 4. The van der Waals surface area contributed by atoms with Gasteiger partial charge >= 0.3 is 0 Å². The van der Waals surface area contributed by atoms with E-state index in [0.717, 1.165) is 36.3 Å². The topological polar surface area (TPSA) is 76.4 Å². The van der Waals surface area contributed by atoms with Gasteiger partial charge in [0.2, 0.25) is 0 Å². The standard InChI is InChI=1S/C17H24N6O.HI/c1-4-18-17(19-11-16-22-21-12(2)23(16)3)20-14-9-10-24-15-8-6-5-7-13(14)15;/h5-8,14H,4,9-11H2,1-3H3,(H2,18,19,20);1H. The Morgan fingerprint density at radius 3 is 2.88 bits per heavy atom. The minimum Gasteiger partial charge on any atom is -0.493 e. The Bertz CT molecular complexity index is 730. The Balaban J connectivity index is 0.00000225. The van der Waals surface area contributed by atoms with E-state index in [1.165, 1.54) is 5.56 Å². The number of aromatic nitrogens is 3. The van der Waals surface area contributed by atoms with Gasteiger partial charge in [-0.3, -0.25) is 0 Å². The van der Waals surface area contributed by atoms with Gasteiger partial charge in [-0.05, 0) is 19.9 Å². The quantitative estimate of drug-likeness (QED) is 0.420. The van der Waals surface area contributed by atoms with Crippen LogP contribution in [-0.2, 0) is 13.6 Å². The molecule has 7 nitrogen and oxygen atoms in total. The third-order valence-corrected chi connectivity index (χ3v) is 4.18. The molecule has 1 aliphatic heterocycles. The lowest BCUT2D eigenvalue weighted by molar-refractivity contribution is 0.261. The summed E-state index contributed by atoms with van der Waals surface area (Å²) in [5, 5.41) is 15.0. The molecule has 0 saturated heterocycles. The zero-order valence-electron chi connectivity index (χ0n) is 14.8. The molecule has 1 atom stereocenters. The van der Waals surface area contributed by atoms with Crippen molar-refractivity contribution in [1.82, 2.24) is 25.4 Å². The van der Waals surface area contributed by atoms with E-state index in [9.17, 15) is 0 Å². The molecule has 0 aliphatic carbocycles. The number of guanidine groups is 1. The molecule has 25 heavy (non-hydrogen) atoms. The van der Waals surface area contributed by atoms with Crippen molar-refractivity contribution in [3.8, 4) is 5.75 Å². The highest BCUT2D eigenvalue weighted by molar-refractivity contribution is 14.0. The van der Waals surface area contributed by atoms with E-state index in [4.69, 9.17) is 4.74 Å². The molecule has 8 heteroatoms. The molecular formula is C17H25IN6O. The van der Waals surface area contributed by atoms with E-state index >= 15 is 0 Å². The first-order valence-electron chi connectivity index (χ1n) is 8.30. The van der Waals surface area contributed by atoms with Crippen molar-refractivity contribution < 1.29 is 4.74 Å². The van der Waals surface area contributed by atoms with Crippen LogP contribution in [0.5, 0.6) is 5.75 Å². The Morgan fingerprint density at radius 1 is 1.36 bits per heavy atom. The van der Waals surface area contributed by atoms with Crippen molar-refractivity contribution in [3.63, 3.8) is 0 Å². The second-order valence-electron chi connectivity index (χ2n) is 5.79. The molecule has 0 fully saturated rings. The summed E-state index contributed by atoms with van der Waals surface area (Å²) in [7, 11) is 1.95. The third kappa shape index (κ3) is 4.62. The summed E-state index contributed by atoms with van der Waals surface area (Å²) in [6, 6.07) is 8.33. The Kier molecular flexibility index (Phi) is 7.03. The number of hydrogen-bond acceptors (Lipinski definition) is 4. The van der Waals surface area contributed by atoms with Crippen molar-refractivity contribution in [3.05, 3.63) is 41.5 Å². The summed E-state index contributed by atoms with van der Waals surface area (Å²) in [5.41, 5.74) is 1.17. The molecule has 1 aromatic carbocycles. The van der Waals surface area contributed by atoms with E-state index in [0.29, 0.717) is 13.2 Å². The van der Waals surface area contributed by atoms with Gasteiger partial charge in [-0.2, -0.15) is 0 Å². The van der Waals surface area contributed by atoms with Crippen LogP contribution >= 0.6 is 24.0 Å². The van der Waals surface area contributed by atoms with Gasteiger partial charge in [0.1, 0.15) is 18.1 Å². The van der Waals surface area contributed by atoms with Gasteiger partial charge in [-0.25, -0.2) is 4.99 Å². The normalized spacial score (nSPS) is 16.4. The molecule has 136 valence electrons. The molecule has 0 radical (unpaired) electrons. The summed E-state index contributed by atoms with van der Waals surface area (Å²) in [5.74, 6) is 3.45. The van der Waals surface area contributed by atoms with Crippen LogP contribution in [0.1, 0.15) is 36.6 Å². The van der Waals surface area contributed by atoms with Gasteiger partial charge in [-0.15, -0.1) is 34.2 Å². The second kappa shape index (κ2) is 9.02. The molecule has 0 saturated carbocycles. The van der Waals surface area contributed by atoms with Crippen molar-refractivity contribution in [2.45, 2.75) is 32.9 Å². The Morgan fingerprint density at radius 2 is 2.16 bits per heavy atom. The number of benzene rings is 1. The number of hydrogen-bond donors (Lipinski definition) is 2. The molecule has 3 rings (SSSR count). The summed E-state index contributed by atoms with van der Waals surface area (Å²) in [4.78, 5) is 4.66. The number of fused-ring (bicyclic) bond motifs is 1. The zero-order chi connectivity index (χ0) is 16.9. The summed E-state index contributed by atoms with van der Waals surface area (Å²) in [6.45, 7) is 5.98. The van der Waals surface area contributed by atoms with Gasteiger partial charge in [0.15, 0.2) is 11.8 Å². The SMILES string of the molecule is CCNC(=NCc1nnc(C)n1C)NC1CCOc2ccccc21.I. The molecule has 2 heterocycles. The first kappa shape index (κ1) is 19.5. The third-order valence-electron chi connectivity index (χ3n) is 4.18. The molecule has 1 unspecified atom stereocenters. The van der Waals surface area contributed by atoms with Crippen LogP contribution in [0.3, 0.4) is 0 Å². The average Bonchev–Trinajstić information content (AvgIpc) is 2.92. The van der Waals surface area contributed by atoms with E-state index in [1.54, 1.807) is 0 Å².